The van der Waals surface area contributed by atoms with Gasteiger partial charge in [0, 0.05) is 6.54 Å². The van der Waals surface area contributed by atoms with Gasteiger partial charge in [0.2, 0.25) is 0 Å². The van der Waals surface area contributed by atoms with Gasteiger partial charge in [0.15, 0.2) is 0 Å². The van der Waals surface area contributed by atoms with Gasteiger partial charge in [0.05, 0.1) is 0 Å². The second-order valence-electron chi connectivity index (χ2n) is 6.77. The van der Waals surface area contributed by atoms with Gasteiger partial charge in [0.25, 0.3) is 0 Å². The zero-order valence-electron chi connectivity index (χ0n) is 12.9. The summed E-state index contributed by atoms with van der Waals surface area (Å²) in [5, 5.41) is 3.28. The van der Waals surface area contributed by atoms with E-state index in [1.165, 1.54) is 71.1 Å². The molecule has 1 aliphatic heterocycles. The first-order valence-corrected chi connectivity index (χ1v) is 8.15. The Kier molecular flexibility index (Phi) is 8.36. The van der Waals surface area contributed by atoms with Gasteiger partial charge in [-0.25, -0.2) is 0 Å². The molecule has 1 saturated carbocycles. The van der Waals surface area contributed by atoms with Gasteiger partial charge < -0.3 is 10.2 Å². The fourth-order valence-corrected chi connectivity index (χ4v) is 3.90. The third-order valence-corrected chi connectivity index (χ3v) is 5.07. The van der Waals surface area contributed by atoms with Crippen LogP contribution < -0.4 is 5.32 Å². The van der Waals surface area contributed by atoms with E-state index >= 15 is 0 Å². The summed E-state index contributed by atoms with van der Waals surface area (Å²) in [6.45, 7) is 7.75. The number of likely N-dealkylation sites (tertiary alicyclic amines) is 1. The fraction of sp³-hybridized carbons (Fsp3) is 1.00. The molecule has 0 aromatic rings. The Morgan fingerprint density at radius 2 is 1.79 bits per heavy atom. The van der Waals surface area contributed by atoms with Crippen molar-refractivity contribution >= 4 is 12.4 Å². The molecule has 19 heavy (non-hydrogen) atoms. The predicted molar refractivity (Wildman–Crippen MR) is 86.1 cm³/mol. The van der Waals surface area contributed by atoms with Crippen LogP contribution in [0, 0.1) is 17.8 Å². The smallest absolute Gasteiger partial charge is 0.000976 e. The quantitative estimate of drug-likeness (QED) is 0.832. The van der Waals surface area contributed by atoms with E-state index in [9.17, 15) is 0 Å². The molecular weight excluding hydrogens is 256 g/mol. The molecule has 3 heteroatoms. The molecule has 0 spiro atoms. The molecule has 1 aliphatic carbocycles. The molecular formula is C16H33ClN2. The number of nitrogens with one attached hydrogen (secondary N) is 1. The van der Waals surface area contributed by atoms with Crippen LogP contribution in [0.1, 0.15) is 51.9 Å². The van der Waals surface area contributed by atoms with E-state index < -0.39 is 0 Å². The van der Waals surface area contributed by atoms with Gasteiger partial charge in [-0.15, -0.1) is 12.4 Å². The fourth-order valence-electron chi connectivity index (χ4n) is 3.90. The maximum atomic E-state index is 3.28. The summed E-state index contributed by atoms with van der Waals surface area (Å²) in [6.07, 6.45) is 10.2. The number of nitrogens with zero attached hydrogens (tertiary/aromatic N) is 1. The van der Waals surface area contributed by atoms with Crippen molar-refractivity contribution in [3.8, 4) is 0 Å². The van der Waals surface area contributed by atoms with Crippen molar-refractivity contribution in [3.63, 3.8) is 0 Å². The summed E-state index contributed by atoms with van der Waals surface area (Å²) >= 11 is 0. The second kappa shape index (κ2) is 9.20. The first-order valence-electron chi connectivity index (χ1n) is 8.15. The van der Waals surface area contributed by atoms with Crippen LogP contribution in [0.15, 0.2) is 0 Å². The third kappa shape index (κ3) is 6.01. The minimum Gasteiger partial charge on any atom is -0.320 e. The molecule has 2 aliphatic rings. The highest BCUT2D eigenvalue weighted by Crippen LogP contribution is 2.30. The molecule has 2 nitrogen and oxygen atoms in total. The Balaban J connectivity index is 0.00000180. The van der Waals surface area contributed by atoms with Gasteiger partial charge in [-0.05, 0) is 76.5 Å². The lowest BCUT2D eigenvalue weighted by molar-refractivity contribution is 0.132. The summed E-state index contributed by atoms with van der Waals surface area (Å²) in [5.74, 6) is 2.97. The van der Waals surface area contributed by atoms with E-state index in [0.717, 1.165) is 17.8 Å². The van der Waals surface area contributed by atoms with Gasteiger partial charge in [0.1, 0.15) is 0 Å². The van der Waals surface area contributed by atoms with Crippen molar-refractivity contribution < 1.29 is 0 Å². The molecule has 1 N–H and O–H groups in total. The number of hydrogen-bond acceptors (Lipinski definition) is 2. The normalized spacial score (nSPS) is 30.0. The molecule has 2 unspecified atom stereocenters. The Morgan fingerprint density at radius 3 is 2.42 bits per heavy atom. The SMILES string of the molecule is CNCCC1CCN(CC2CCCC(C)C2)CC1.Cl. The van der Waals surface area contributed by atoms with Gasteiger partial charge >= 0.3 is 0 Å². The predicted octanol–water partition coefficient (Wildman–Crippen LogP) is 3.56. The topological polar surface area (TPSA) is 15.3 Å². The van der Waals surface area contributed by atoms with Crippen molar-refractivity contribution in [3.05, 3.63) is 0 Å². The lowest BCUT2D eigenvalue weighted by Gasteiger charge is -2.36. The lowest BCUT2D eigenvalue weighted by atomic mass is 9.82. The van der Waals surface area contributed by atoms with E-state index in [1.54, 1.807) is 0 Å². The van der Waals surface area contributed by atoms with Crippen molar-refractivity contribution in [1.82, 2.24) is 10.2 Å². The highest BCUT2D eigenvalue weighted by molar-refractivity contribution is 5.85. The van der Waals surface area contributed by atoms with Crippen LogP contribution in [0.4, 0.5) is 0 Å². The van der Waals surface area contributed by atoms with Gasteiger partial charge in [-0.1, -0.05) is 19.8 Å². The molecule has 2 rings (SSSR count). The lowest BCUT2D eigenvalue weighted by Crippen LogP contribution is -2.38. The van der Waals surface area contributed by atoms with E-state index in [2.05, 4.69) is 24.2 Å². The maximum Gasteiger partial charge on any atom is 0.000976 e. The molecule has 0 aromatic heterocycles. The number of halogens is 1. The van der Waals surface area contributed by atoms with Crippen molar-refractivity contribution in [1.29, 1.82) is 0 Å². The largest absolute Gasteiger partial charge is 0.320 e. The van der Waals surface area contributed by atoms with Crippen molar-refractivity contribution in [2.45, 2.75) is 51.9 Å². The molecule has 0 bridgehead atoms. The van der Waals surface area contributed by atoms with E-state index in [0.29, 0.717) is 0 Å². The molecule has 2 atom stereocenters. The summed E-state index contributed by atoms with van der Waals surface area (Å²) in [6, 6.07) is 0. The van der Waals surface area contributed by atoms with Crippen LogP contribution in [-0.2, 0) is 0 Å². The zero-order chi connectivity index (χ0) is 12.8. The van der Waals surface area contributed by atoms with Crippen molar-refractivity contribution in [2.75, 3.05) is 33.2 Å². The molecule has 114 valence electrons. The summed E-state index contributed by atoms with van der Waals surface area (Å²) in [5.41, 5.74) is 0. The maximum absolute atomic E-state index is 3.28. The number of piperidine rings is 1. The summed E-state index contributed by atoms with van der Waals surface area (Å²) in [4.78, 5) is 2.75. The third-order valence-electron chi connectivity index (χ3n) is 5.07. The van der Waals surface area contributed by atoms with Gasteiger partial charge in [-0.3, -0.25) is 0 Å². The molecule has 1 heterocycles. The highest BCUT2D eigenvalue weighted by Gasteiger charge is 2.24. The Labute approximate surface area is 126 Å². The van der Waals surface area contributed by atoms with Crippen LogP contribution in [0.5, 0.6) is 0 Å². The van der Waals surface area contributed by atoms with Crippen LogP contribution in [0.2, 0.25) is 0 Å². The Bertz CT molecular complexity index is 227. The van der Waals surface area contributed by atoms with Crippen LogP contribution in [-0.4, -0.2) is 38.1 Å². The molecule has 0 amide bonds. The highest BCUT2D eigenvalue weighted by atomic mass is 35.5. The van der Waals surface area contributed by atoms with Crippen molar-refractivity contribution in [2.24, 2.45) is 17.8 Å². The minimum atomic E-state index is 0. The van der Waals surface area contributed by atoms with E-state index in [4.69, 9.17) is 0 Å². The van der Waals surface area contributed by atoms with E-state index in [-0.39, 0.29) is 12.4 Å². The Hall–Kier alpha value is 0.210. The number of hydrogen-bond donors (Lipinski definition) is 1. The average molecular weight is 289 g/mol. The number of rotatable bonds is 5. The Morgan fingerprint density at radius 1 is 1.05 bits per heavy atom. The molecule has 2 fully saturated rings. The first kappa shape index (κ1) is 17.3. The molecule has 0 radical (unpaired) electrons. The first-order chi connectivity index (χ1) is 8.78. The molecule has 0 aromatic carbocycles. The van der Waals surface area contributed by atoms with Crippen LogP contribution in [0.3, 0.4) is 0 Å². The standard InChI is InChI=1S/C16H32N2.ClH/c1-14-4-3-5-16(12-14)13-18-10-7-15(8-11-18)6-9-17-2;/h14-17H,3-13H2,1-2H3;1H. The zero-order valence-corrected chi connectivity index (χ0v) is 13.7. The second-order valence-corrected chi connectivity index (χ2v) is 6.77. The van der Waals surface area contributed by atoms with E-state index in [1.807, 2.05) is 0 Å². The monoisotopic (exact) mass is 288 g/mol. The van der Waals surface area contributed by atoms with Crippen LogP contribution in [0.25, 0.3) is 0 Å². The summed E-state index contributed by atoms with van der Waals surface area (Å²) < 4.78 is 0. The van der Waals surface area contributed by atoms with Crippen LogP contribution >= 0.6 is 12.4 Å². The average Bonchev–Trinajstić information content (AvgIpc) is 2.38. The minimum absolute atomic E-state index is 0. The van der Waals surface area contributed by atoms with Gasteiger partial charge in [-0.2, -0.15) is 0 Å². The summed E-state index contributed by atoms with van der Waals surface area (Å²) in [7, 11) is 2.07. The molecule has 1 saturated heterocycles.